The molecule has 2 rings (SSSR count). The molecule has 180 valence electrons. The van der Waals surface area contributed by atoms with Crippen LogP contribution in [0.1, 0.15) is 32.8 Å². The zero-order valence-electron chi connectivity index (χ0n) is 19.1. The lowest BCUT2D eigenvalue weighted by atomic mass is 10.1. The van der Waals surface area contributed by atoms with Crippen molar-refractivity contribution in [3.63, 3.8) is 0 Å². The average Bonchev–Trinajstić information content (AvgIpc) is 2.75. The third kappa shape index (κ3) is 7.82. The standard InChI is InChI=1S/C23H29BrFN3O4S/c1-5-16(2)26-23(30)17(3)27(14-18-9-11-19(24)12-10-18)22(29)15-28(33(4,31)32)21-8-6-7-20(25)13-21/h6-13,16-17H,5,14-15H2,1-4H3,(H,26,30)/t16-,17+/m0/s1. The van der Waals surface area contributed by atoms with Gasteiger partial charge in [-0.1, -0.05) is 41.1 Å². The summed E-state index contributed by atoms with van der Waals surface area (Å²) in [6.07, 6.45) is 1.67. The predicted octanol–water partition coefficient (Wildman–Crippen LogP) is 3.69. The lowest BCUT2D eigenvalue weighted by molar-refractivity contribution is -0.139. The number of hydrogen-bond donors (Lipinski definition) is 1. The first kappa shape index (κ1) is 26.8. The monoisotopic (exact) mass is 541 g/mol. The molecule has 0 unspecified atom stereocenters. The Morgan fingerprint density at radius 2 is 1.76 bits per heavy atom. The summed E-state index contributed by atoms with van der Waals surface area (Å²) < 4.78 is 40.3. The lowest BCUT2D eigenvalue weighted by Crippen LogP contribution is -2.52. The minimum absolute atomic E-state index is 0.0335. The fourth-order valence-electron chi connectivity index (χ4n) is 3.08. The molecule has 33 heavy (non-hydrogen) atoms. The molecule has 1 N–H and O–H groups in total. The lowest BCUT2D eigenvalue weighted by Gasteiger charge is -2.32. The van der Waals surface area contributed by atoms with E-state index in [0.717, 1.165) is 33.1 Å². The number of hydrogen-bond acceptors (Lipinski definition) is 4. The van der Waals surface area contributed by atoms with Gasteiger partial charge in [-0.25, -0.2) is 12.8 Å². The van der Waals surface area contributed by atoms with E-state index in [-0.39, 0.29) is 24.2 Å². The Kier molecular flexibility index (Phi) is 9.42. The number of carbonyl (C=O) groups excluding carboxylic acids is 2. The number of rotatable bonds is 10. The van der Waals surface area contributed by atoms with Gasteiger partial charge in [0.15, 0.2) is 0 Å². The van der Waals surface area contributed by atoms with Crippen LogP contribution in [0.3, 0.4) is 0 Å². The quantitative estimate of drug-likeness (QED) is 0.497. The van der Waals surface area contributed by atoms with Gasteiger partial charge in [-0.2, -0.15) is 0 Å². The first-order valence-electron chi connectivity index (χ1n) is 10.5. The molecule has 10 heteroatoms. The fraction of sp³-hybridized carbons (Fsp3) is 0.391. The van der Waals surface area contributed by atoms with Gasteiger partial charge in [0.2, 0.25) is 21.8 Å². The van der Waals surface area contributed by atoms with Crippen molar-refractivity contribution in [2.24, 2.45) is 0 Å². The van der Waals surface area contributed by atoms with Gasteiger partial charge in [0.05, 0.1) is 11.9 Å². The normalized spacial score (nSPS) is 13.2. The summed E-state index contributed by atoms with van der Waals surface area (Å²) in [4.78, 5) is 27.5. The molecule has 0 saturated heterocycles. The van der Waals surface area contributed by atoms with Crippen LogP contribution in [-0.2, 0) is 26.2 Å². The molecule has 0 spiro atoms. The zero-order chi connectivity index (χ0) is 24.8. The van der Waals surface area contributed by atoms with Crippen molar-refractivity contribution in [2.45, 2.75) is 45.8 Å². The van der Waals surface area contributed by atoms with Crippen LogP contribution >= 0.6 is 15.9 Å². The summed E-state index contributed by atoms with van der Waals surface area (Å²) in [6, 6.07) is 11.3. The van der Waals surface area contributed by atoms with Crippen LogP contribution in [0.25, 0.3) is 0 Å². The van der Waals surface area contributed by atoms with Gasteiger partial charge in [-0.05, 0) is 56.2 Å². The van der Waals surface area contributed by atoms with E-state index in [0.29, 0.717) is 0 Å². The zero-order valence-corrected chi connectivity index (χ0v) is 21.5. The van der Waals surface area contributed by atoms with Gasteiger partial charge in [0, 0.05) is 17.1 Å². The molecule has 2 aromatic rings. The maximum absolute atomic E-state index is 13.7. The summed E-state index contributed by atoms with van der Waals surface area (Å²) in [5.41, 5.74) is 0.803. The molecule has 0 aliphatic heterocycles. The highest BCUT2D eigenvalue weighted by Crippen LogP contribution is 2.20. The van der Waals surface area contributed by atoms with E-state index in [1.165, 1.54) is 23.1 Å². The van der Waals surface area contributed by atoms with Gasteiger partial charge >= 0.3 is 0 Å². The summed E-state index contributed by atoms with van der Waals surface area (Å²) >= 11 is 3.37. The van der Waals surface area contributed by atoms with Crippen molar-refractivity contribution < 1.29 is 22.4 Å². The number of carbonyl (C=O) groups is 2. The Morgan fingerprint density at radius 1 is 1.12 bits per heavy atom. The topological polar surface area (TPSA) is 86.8 Å². The van der Waals surface area contributed by atoms with Crippen LogP contribution < -0.4 is 9.62 Å². The van der Waals surface area contributed by atoms with E-state index in [1.807, 2.05) is 38.1 Å². The van der Waals surface area contributed by atoms with E-state index in [4.69, 9.17) is 0 Å². The van der Waals surface area contributed by atoms with Crippen LogP contribution in [0.5, 0.6) is 0 Å². The second-order valence-electron chi connectivity index (χ2n) is 7.89. The van der Waals surface area contributed by atoms with Crippen LogP contribution in [0.15, 0.2) is 53.0 Å². The molecule has 2 amide bonds. The Morgan fingerprint density at radius 3 is 2.30 bits per heavy atom. The Hall–Kier alpha value is -2.46. The molecule has 0 radical (unpaired) electrons. The van der Waals surface area contributed by atoms with Crippen molar-refractivity contribution in [2.75, 3.05) is 17.1 Å². The third-order valence-electron chi connectivity index (χ3n) is 5.21. The molecule has 2 aromatic carbocycles. The number of anilines is 1. The second-order valence-corrected chi connectivity index (χ2v) is 10.7. The highest BCUT2D eigenvalue weighted by atomic mass is 79.9. The number of nitrogens with zero attached hydrogens (tertiary/aromatic N) is 2. The Balaban J connectivity index is 2.37. The number of nitrogens with one attached hydrogen (secondary N) is 1. The minimum atomic E-state index is -3.90. The maximum atomic E-state index is 13.7. The second kappa shape index (κ2) is 11.6. The summed E-state index contributed by atoms with van der Waals surface area (Å²) in [5, 5.41) is 2.86. The summed E-state index contributed by atoms with van der Waals surface area (Å²) in [7, 11) is -3.90. The smallest absolute Gasteiger partial charge is 0.244 e. The van der Waals surface area contributed by atoms with Crippen LogP contribution in [0.2, 0.25) is 0 Å². The molecule has 0 aliphatic rings. The van der Waals surface area contributed by atoms with Gasteiger partial charge in [0.1, 0.15) is 18.4 Å². The van der Waals surface area contributed by atoms with Crippen molar-refractivity contribution in [3.8, 4) is 0 Å². The first-order valence-corrected chi connectivity index (χ1v) is 13.1. The third-order valence-corrected chi connectivity index (χ3v) is 6.88. The SMILES string of the molecule is CC[C@H](C)NC(=O)[C@@H](C)N(Cc1ccc(Br)cc1)C(=O)CN(c1cccc(F)c1)S(C)(=O)=O. The van der Waals surface area contributed by atoms with Gasteiger partial charge in [0.25, 0.3) is 0 Å². The molecule has 0 heterocycles. The molecule has 2 atom stereocenters. The number of amides is 2. The van der Waals surface area contributed by atoms with E-state index in [9.17, 15) is 22.4 Å². The van der Waals surface area contributed by atoms with Gasteiger partial charge in [-0.3, -0.25) is 13.9 Å². The molecule has 0 bridgehead atoms. The van der Waals surface area contributed by atoms with Gasteiger partial charge in [-0.15, -0.1) is 0 Å². The highest BCUT2D eigenvalue weighted by Gasteiger charge is 2.30. The summed E-state index contributed by atoms with van der Waals surface area (Å²) in [6.45, 7) is 4.92. The molecular weight excluding hydrogens is 513 g/mol. The van der Waals surface area contributed by atoms with Gasteiger partial charge < -0.3 is 10.2 Å². The first-order chi connectivity index (χ1) is 15.4. The van der Waals surface area contributed by atoms with Crippen molar-refractivity contribution in [1.29, 1.82) is 0 Å². The molecule has 7 nitrogen and oxygen atoms in total. The van der Waals surface area contributed by atoms with E-state index in [2.05, 4.69) is 21.2 Å². The predicted molar refractivity (Wildman–Crippen MR) is 131 cm³/mol. The molecular formula is C23H29BrFN3O4S. The van der Waals surface area contributed by atoms with Crippen molar-refractivity contribution >= 4 is 43.5 Å². The van der Waals surface area contributed by atoms with E-state index in [1.54, 1.807) is 6.92 Å². The maximum Gasteiger partial charge on any atom is 0.244 e. The average molecular weight is 542 g/mol. The molecule has 0 saturated carbocycles. The summed E-state index contributed by atoms with van der Waals surface area (Å²) in [5.74, 6) is -1.55. The largest absolute Gasteiger partial charge is 0.352 e. The van der Waals surface area contributed by atoms with Crippen LogP contribution in [0, 0.1) is 5.82 Å². The van der Waals surface area contributed by atoms with Crippen molar-refractivity contribution in [1.82, 2.24) is 10.2 Å². The van der Waals surface area contributed by atoms with E-state index >= 15 is 0 Å². The Bertz CT molecular complexity index is 1080. The van der Waals surface area contributed by atoms with E-state index < -0.39 is 34.3 Å². The molecule has 0 aromatic heterocycles. The fourth-order valence-corrected chi connectivity index (χ4v) is 4.19. The number of halogens is 2. The number of benzene rings is 2. The van der Waals surface area contributed by atoms with Crippen molar-refractivity contribution in [3.05, 3.63) is 64.4 Å². The van der Waals surface area contributed by atoms with Crippen LogP contribution in [0.4, 0.5) is 10.1 Å². The molecule has 0 fully saturated rings. The number of sulfonamides is 1. The van der Waals surface area contributed by atoms with Crippen LogP contribution in [-0.4, -0.2) is 50.0 Å². The highest BCUT2D eigenvalue weighted by molar-refractivity contribution is 9.10. The molecule has 0 aliphatic carbocycles. The Labute approximate surface area is 203 Å². The minimum Gasteiger partial charge on any atom is -0.352 e.